The average molecular weight is 286 g/mol. The second-order valence-corrected chi connectivity index (χ2v) is 6.84. The third kappa shape index (κ3) is 3.14. The van der Waals surface area contributed by atoms with E-state index in [1.54, 1.807) is 12.3 Å². The molecule has 1 saturated heterocycles. The lowest BCUT2D eigenvalue weighted by Crippen LogP contribution is -2.29. The summed E-state index contributed by atoms with van der Waals surface area (Å²) in [6, 6.07) is 1.64. The molecule has 0 radical (unpaired) electrons. The van der Waals surface area contributed by atoms with Crippen molar-refractivity contribution in [3.63, 3.8) is 0 Å². The Balaban J connectivity index is 2.21. The van der Waals surface area contributed by atoms with Crippen molar-refractivity contribution >= 4 is 33.0 Å². The van der Waals surface area contributed by atoms with E-state index in [1.165, 1.54) is 0 Å². The maximum absolute atomic E-state index is 11.5. The summed E-state index contributed by atoms with van der Waals surface area (Å²) < 4.78 is 23.0. The Hall–Kier alpha value is -1.28. The smallest absolute Gasteiger partial charge is 0.225 e. The number of aromatic nitrogens is 2. The Morgan fingerprint density at radius 2 is 2.17 bits per heavy atom. The van der Waals surface area contributed by atoms with Gasteiger partial charge in [-0.15, -0.1) is 0 Å². The van der Waals surface area contributed by atoms with Crippen molar-refractivity contribution in [1.29, 1.82) is 0 Å². The maximum Gasteiger partial charge on any atom is 0.225 e. The van der Waals surface area contributed by atoms with Gasteiger partial charge in [-0.2, -0.15) is 0 Å². The van der Waals surface area contributed by atoms with Gasteiger partial charge in [0.1, 0.15) is 10.7 Å². The van der Waals surface area contributed by atoms with Crippen molar-refractivity contribution < 1.29 is 8.42 Å². The van der Waals surface area contributed by atoms with E-state index in [0.717, 1.165) is 0 Å². The summed E-state index contributed by atoms with van der Waals surface area (Å²) in [5.41, 5.74) is 6.01. The Morgan fingerprint density at radius 3 is 2.89 bits per heavy atom. The van der Waals surface area contributed by atoms with E-state index >= 15 is 0 Å². The van der Waals surface area contributed by atoms with Crippen molar-refractivity contribution in [3.8, 4) is 0 Å². The van der Waals surface area contributed by atoms with Crippen molar-refractivity contribution in [1.82, 2.24) is 9.97 Å². The Labute approximate surface area is 111 Å². The van der Waals surface area contributed by atoms with Gasteiger partial charge >= 0.3 is 0 Å². The van der Waals surface area contributed by atoms with Crippen LogP contribution in [0.15, 0.2) is 12.3 Å². The van der Waals surface area contributed by atoms with Crippen LogP contribution < -0.4 is 10.6 Å². The number of sulfone groups is 1. The normalized spacial score (nSPS) is 19.2. The van der Waals surface area contributed by atoms with E-state index in [2.05, 4.69) is 9.97 Å². The van der Waals surface area contributed by atoms with Crippen LogP contribution in [0.5, 0.6) is 0 Å². The summed E-state index contributed by atoms with van der Waals surface area (Å²) in [4.78, 5) is 10.4. The summed E-state index contributed by atoms with van der Waals surface area (Å²) >= 11 is 4.86. The number of rotatable bonds is 2. The predicted octanol–water partition coefficient (Wildman–Crippen LogP) is -0.264. The molecule has 0 amide bonds. The van der Waals surface area contributed by atoms with E-state index in [1.807, 2.05) is 4.90 Å². The number of thiocarbonyl (C=S) groups is 1. The zero-order chi connectivity index (χ0) is 13.2. The fourth-order valence-corrected chi connectivity index (χ4v) is 3.16. The van der Waals surface area contributed by atoms with Crippen LogP contribution >= 0.6 is 12.2 Å². The summed E-state index contributed by atoms with van der Waals surface area (Å²) in [7, 11) is -2.93. The van der Waals surface area contributed by atoms with Gasteiger partial charge in [0.05, 0.1) is 11.5 Å². The highest BCUT2D eigenvalue weighted by molar-refractivity contribution is 7.91. The van der Waals surface area contributed by atoms with Crippen LogP contribution in [0.3, 0.4) is 0 Å². The molecule has 18 heavy (non-hydrogen) atoms. The number of hydrogen-bond donors (Lipinski definition) is 1. The molecule has 0 spiro atoms. The lowest BCUT2D eigenvalue weighted by molar-refractivity contribution is 0.597. The second-order valence-electron chi connectivity index (χ2n) is 4.10. The second kappa shape index (κ2) is 5.15. The van der Waals surface area contributed by atoms with Crippen LogP contribution in [0.25, 0.3) is 0 Å². The molecule has 1 aliphatic heterocycles. The molecule has 0 saturated carbocycles. The summed E-state index contributed by atoms with van der Waals surface area (Å²) in [5, 5.41) is 0. The van der Waals surface area contributed by atoms with E-state index in [-0.39, 0.29) is 16.5 Å². The molecule has 1 aromatic heterocycles. The van der Waals surface area contributed by atoms with E-state index in [9.17, 15) is 8.42 Å². The maximum atomic E-state index is 11.5. The largest absolute Gasteiger partial charge is 0.388 e. The molecule has 2 rings (SSSR count). The lowest BCUT2D eigenvalue weighted by atomic mass is 10.4. The highest BCUT2D eigenvalue weighted by Gasteiger charge is 2.20. The fraction of sp³-hybridized carbons (Fsp3) is 0.500. The first-order chi connectivity index (χ1) is 8.48. The first-order valence-electron chi connectivity index (χ1n) is 5.56. The monoisotopic (exact) mass is 286 g/mol. The van der Waals surface area contributed by atoms with Gasteiger partial charge in [0.2, 0.25) is 5.95 Å². The molecule has 2 heterocycles. The Morgan fingerprint density at radius 1 is 1.39 bits per heavy atom. The molecule has 2 N–H and O–H groups in total. The predicted molar refractivity (Wildman–Crippen MR) is 73.4 cm³/mol. The number of hydrogen-bond acceptors (Lipinski definition) is 6. The van der Waals surface area contributed by atoms with Gasteiger partial charge in [0.25, 0.3) is 0 Å². The van der Waals surface area contributed by atoms with Crippen LogP contribution in [0.4, 0.5) is 5.95 Å². The molecule has 98 valence electrons. The topological polar surface area (TPSA) is 89.2 Å². The standard InChI is InChI=1S/C10H14N4O2S2/c11-9(17)8-2-3-12-10(13-8)14-4-1-6-18(15,16)7-5-14/h2-3H,1,4-7H2,(H2,11,17). The zero-order valence-corrected chi connectivity index (χ0v) is 11.4. The highest BCUT2D eigenvalue weighted by Crippen LogP contribution is 2.12. The zero-order valence-electron chi connectivity index (χ0n) is 9.74. The fourth-order valence-electron chi connectivity index (χ4n) is 1.78. The minimum Gasteiger partial charge on any atom is -0.388 e. The number of nitrogens with two attached hydrogens (primary N) is 1. The van der Waals surface area contributed by atoms with Gasteiger partial charge in [-0.1, -0.05) is 12.2 Å². The van der Waals surface area contributed by atoms with Gasteiger partial charge in [-0.3, -0.25) is 0 Å². The number of nitrogens with zero attached hydrogens (tertiary/aromatic N) is 3. The van der Waals surface area contributed by atoms with Crippen LogP contribution in [0.1, 0.15) is 12.1 Å². The number of anilines is 1. The van der Waals surface area contributed by atoms with Crippen molar-refractivity contribution in [3.05, 3.63) is 18.0 Å². The van der Waals surface area contributed by atoms with Crippen molar-refractivity contribution in [2.45, 2.75) is 6.42 Å². The summed E-state index contributed by atoms with van der Waals surface area (Å²) in [6.45, 7) is 1.03. The lowest BCUT2D eigenvalue weighted by Gasteiger charge is -2.19. The van der Waals surface area contributed by atoms with E-state index in [0.29, 0.717) is 31.2 Å². The highest BCUT2D eigenvalue weighted by atomic mass is 32.2. The SMILES string of the molecule is NC(=S)c1ccnc(N2CCCS(=O)(=O)CC2)n1. The minimum absolute atomic E-state index is 0.133. The van der Waals surface area contributed by atoms with Crippen LogP contribution in [-0.4, -0.2) is 48.0 Å². The first kappa shape index (κ1) is 13.2. The molecule has 0 bridgehead atoms. The van der Waals surface area contributed by atoms with Crippen molar-refractivity contribution in [2.24, 2.45) is 5.73 Å². The van der Waals surface area contributed by atoms with Crippen LogP contribution in [0, 0.1) is 0 Å². The molecule has 0 aliphatic carbocycles. The summed E-state index contributed by atoms with van der Waals surface area (Å²) in [5.74, 6) is 0.837. The molecule has 0 unspecified atom stereocenters. The molecule has 1 fully saturated rings. The molecular formula is C10H14N4O2S2. The van der Waals surface area contributed by atoms with Gasteiger partial charge in [-0.25, -0.2) is 18.4 Å². The molecule has 0 atom stereocenters. The van der Waals surface area contributed by atoms with Gasteiger partial charge in [0.15, 0.2) is 9.84 Å². The third-order valence-corrected chi connectivity index (χ3v) is 4.66. The van der Waals surface area contributed by atoms with Gasteiger partial charge in [0, 0.05) is 19.3 Å². The molecular weight excluding hydrogens is 272 g/mol. The van der Waals surface area contributed by atoms with Gasteiger partial charge < -0.3 is 10.6 Å². The van der Waals surface area contributed by atoms with Gasteiger partial charge in [-0.05, 0) is 12.5 Å². The Kier molecular flexibility index (Phi) is 3.76. The van der Waals surface area contributed by atoms with Crippen molar-refractivity contribution in [2.75, 3.05) is 29.5 Å². The van der Waals surface area contributed by atoms with Crippen LogP contribution in [-0.2, 0) is 9.84 Å². The molecule has 1 aliphatic rings. The minimum atomic E-state index is -2.93. The molecule has 1 aromatic rings. The van der Waals surface area contributed by atoms with Crippen LogP contribution in [0.2, 0.25) is 0 Å². The Bertz CT molecular complexity index is 559. The third-order valence-electron chi connectivity index (χ3n) is 2.73. The quantitative estimate of drug-likeness (QED) is 0.749. The summed E-state index contributed by atoms with van der Waals surface area (Å²) in [6.07, 6.45) is 2.17. The molecule has 6 nitrogen and oxygen atoms in total. The van der Waals surface area contributed by atoms with E-state index in [4.69, 9.17) is 18.0 Å². The van der Waals surface area contributed by atoms with E-state index < -0.39 is 9.84 Å². The first-order valence-corrected chi connectivity index (χ1v) is 7.79. The average Bonchev–Trinajstić information content (AvgIpc) is 2.50. The molecule has 0 aromatic carbocycles. The molecule has 8 heteroatoms.